The first kappa shape index (κ1) is 25.6. The molecular formula is C29H23BrClFN2O2S. The Balaban J connectivity index is 1.46. The van der Waals surface area contributed by atoms with E-state index in [4.69, 9.17) is 21.3 Å². The number of anilines is 1. The Morgan fingerprint density at radius 3 is 2.65 bits per heavy atom. The molecule has 0 radical (unpaired) electrons. The molecule has 0 aliphatic heterocycles. The molecule has 37 heavy (non-hydrogen) atoms. The molecule has 3 aromatic carbocycles. The molecule has 1 amide bonds. The van der Waals surface area contributed by atoms with Gasteiger partial charge in [0.1, 0.15) is 23.2 Å². The highest BCUT2D eigenvalue weighted by Gasteiger charge is 2.25. The van der Waals surface area contributed by atoms with E-state index in [0.717, 1.165) is 42.5 Å². The number of amides is 1. The van der Waals surface area contributed by atoms with Crippen LogP contribution in [0, 0.1) is 5.82 Å². The van der Waals surface area contributed by atoms with Crippen molar-refractivity contribution in [2.24, 2.45) is 4.99 Å². The molecule has 1 N–H and O–H groups in total. The number of fused-ring (bicyclic) bond motifs is 1. The Kier molecular flexibility index (Phi) is 8.03. The lowest BCUT2D eigenvalue weighted by molar-refractivity contribution is 0.102. The number of para-hydroxylation sites is 1. The van der Waals surface area contributed by atoms with E-state index in [-0.39, 0.29) is 18.3 Å². The summed E-state index contributed by atoms with van der Waals surface area (Å²) in [4.78, 5) is 19.4. The smallest absolute Gasteiger partial charge is 0.259 e. The van der Waals surface area contributed by atoms with E-state index in [1.165, 1.54) is 17.0 Å². The number of halogens is 3. The van der Waals surface area contributed by atoms with Crippen molar-refractivity contribution >= 4 is 61.7 Å². The second kappa shape index (κ2) is 11.6. The van der Waals surface area contributed by atoms with E-state index in [2.05, 4.69) is 21.2 Å². The number of nitrogens with one attached hydrogen (secondary N) is 1. The van der Waals surface area contributed by atoms with Crippen molar-refractivity contribution in [3.05, 3.63) is 109 Å². The third kappa shape index (κ3) is 6.12. The fourth-order valence-electron chi connectivity index (χ4n) is 4.28. The van der Waals surface area contributed by atoms with Crippen LogP contribution in [0.4, 0.5) is 15.1 Å². The first-order valence-corrected chi connectivity index (χ1v) is 13.9. The summed E-state index contributed by atoms with van der Waals surface area (Å²) >= 11 is 11.4. The van der Waals surface area contributed by atoms with Crippen LogP contribution in [0.5, 0.6) is 5.75 Å². The van der Waals surface area contributed by atoms with Gasteiger partial charge in [0, 0.05) is 27.4 Å². The number of ether oxygens (including phenoxy) is 1. The molecule has 0 unspecified atom stereocenters. The molecule has 8 heteroatoms. The van der Waals surface area contributed by atoms with Crippen LogP contribution in [-0.4, -0.2) is 12.1 Å². The maximum atomic E-state index is 13.4. The molecule has 1 aliphatic rings. The summed E-state index contributed by atoms with van der Waals surface area (Å²) in [5.74, 6) is 0.113. The van der Waals surface area contributed by atoms with Crippen molar-refractivity contribution in [2.75, 3.05) is 5.32 Å². The highest BCUT2D eigenvalue weighted by atomic mass is 79.9. The molecule has 0 spiro atoms. The molecule has 0 saturated heterocycles. The predicted octanol–water partition coefficient (Wildman–Crippen LogP) is 8.76. The Morgan fingerprint density at radius 1 is 1.11 bits per heavy atom. The van der Waals surface area contributed by atoms with E-state index in [1.807, 2.05) is 30.3 Å². The number of aliphatic imine (C=N–C) groups is 1. The molecule has 4 aromatic rings. The lowest BCUT2D eigenvalue weighted by atomic mass is 9.95. The molecule has 1 aliphatic carbocycles. The maximum Gasteiger partial charge on any atom is 0.259 e. The lowest BCUT2D eigenvalue weighted by Gasteiger charge is -2.13. The van der Waals surface area contributed by atoms with Crippen LogP contribution < -0.4 is 10.1 Å². The Morgan fingerprint density at radius 2 is 1.86 bits per heavy atom. The highest BCUT2D eigenvalue weighted by molar-refractivity contribution is 9.10. The third-order valence-electron chi connectivity index (χ3n) is 6.07. The third-order valence-corrected chi connectivity index (χ3v) is 8.07. The van der Waals surface area contributed by atoms with Crippen molar-refractivity contribution in [1.82, 2.24) is 0 Å². The zero-order valence-electron chi connectivity index (χ0n) is 19.8. The molecule has 188 valence electrons. The summed E-state index contributed by atoms with van der Waals surface area (Å²) in [7, 11) is 0. The normalized spacial score (nSPS) is 12.9. The van der Waals surface area contributed by atoms with Gasteiger partial charge in [-0.1, -0.05) is 41.9 Å². The SMILES string of the molecule is O=C(Nc1ccccc1)c1c(N=Cc2cc(Cl)cc(Br)c2OCc2ccc(F)cc2)sc2c1CCCC2. The van der Waals surface area contributed by atoms with Crippen molar-refractivity contribution < 1.29 is 13.9 Å². The number of benzene rings is 3. The summed E-state index contributed by atoms with van der Waals surface area (Å²) < 4.78 is 20.0. The number of nitrogens with zero attached hydrogens (tertiary/aromatic N) is 1. The first-order valence-electron chi connectivity index (χ1n) is 11.9. The summed E-state index contributed by atoms with van der Waals surface area (Å²) in [6, 6.07) is 19.1. The summed E-state index contributed by atoms with van der Waals surface area (Å²) in [6.07, 6.45) is 5.68. The first-order chi connectivity index (χ1) is 18.0. The average molecular weight is 598 g/mol. The number of hydrogen-bond acceptors (Lipinski definition) is 4. The zero-order valence-corrected chi connectivity index (χ0v) is 22.9. The monoisotopic (exact) mass is 596 g/mol. The second-order valence-corrected chi connectivity index (χ2v) is 11.1. The molecule has 0 bridgehead atoms. The van der Waals surface area contributed by atoms with Crippen molar-refractivity contribution in [3.63, 3.8) is 0 Å². The number of thiophene rings is 1. The number of carbonyl (C=O) groups excluding carboxylic acids is 1. The van der Waals surface area contributed by atoms with Gasteiger partial charge in [0.15, 0.2) is 0 Å². The minimum Gasteiger partial charge on any atom is -0.487 e. The minimum atomic E-state index is -0.296. The molecule has 1 heterocycles. The van der Waals surface area contributed by atoms with Crippen LogP contribution in [0.1, 0.15) is 44.8 Å². The summed E-state index contributed by atoms with van der Waals surface area (Å²) in [5, 5.41) is 4.21. The maximum absolute atomic E-state index is 13.4. The van der Waals surface area contributed by atoms with Crippen LogP contribution in [0.25, 0.3) is 0 Å². The van der Waals surface area contributed by atoms with Crippen molar-refractivity contribution in [2.45, 2.75) is 32.3 Å². The topological polar surface area (TPSA) is 50.7 Å². The average Bonchev–Trinajstić information content (AvgIpc) is 3.27. The van der Waals surface area contributed by atoms with Gasteiger partial charge in [-0.15, -0.1) is 11.3 Å². The van der Waals surface area contributed by atoms with Crippen LogP contribution in [0.15, 0.2) is 76.2 Å². The van der Waals surface area contributed by atoms with Gasteiger partial charge in [-0.25, -0.2) is 9.38 Å². The van der Waals surface area contributed by atoms with Gasteiger partial charge >= 0.3 is 0 Å². The number of hydrogen-bond donors (Lipinski definition) is 1. The molecule has 5 rings (SSSR count). The molecule has 0 atom stereocenters. The Hall–Kier alpha value is -3.00. The van der Waals surface area contributed by atoms with E-state index >= 15 is 0 Å². The second-order valence-electron chi connectivity index (χ2n) is 8.69. The molecule has 0 saturated carbocycles. The zero-order chi connectivity index (χ0) is 25.8. The van der Waals surface area contributed by atoms with Gasteiger partial charge in [-0.2, -0.15) is 0 Å². The van der Waals surface area contributed by atoms with Crippen LogP contribution in [-0.2, 0) is 19.4 Å². The lowest BCUT2D eigenvalue weighted by Crippen LogP contribution is -2.14. The largest absolute Gasteiger partial charge is 0.487 e. The van der Waals surface area contributed by atoms with E-state index in [1.54, 1.807) is 41.8 Å². The van der Waals surface area contributed by atoms with Gasteiger partial charge in [-0.05, 0) is 89.1 Å². The van der Waals surface area contributed by atoms with E-state index in [9.17, 15) is 9.18 Å². The number of aryl methyl sites for hydroxylation is 1. The Bertz CT molecular complexity index is 1460. The van der Waals surface area contributed by atoms with Crippen LogP contribution in [0.2, 0.25) is 5.02 Å². The van der Waals surface area contributed by atoms with Gasteiger partial charge in [-0.3, -0.25) is 4.79 Å². The minimum absolute atomic E-state index is 0.155. The number of carbonyl (C=O) groups is 1. The van der Waals surface area contributed by atoms with Crippen LogP contribution >= 0.6 is 38.9 Å². The van der Waals surface area contributed by atoms with Crippen LogP contribution in [0.3, 0.4) is 0 Å². The number of rotatable bonds is 7. The van der Waals surface area contributed by atoms with Gasteiger partial charge in [0.2, 0.25) is 0 Å². The molecule has 0 fully saturated rings. The quantitative estimate of drug-likeness (QED) is 0.217. The van der Waals surface area contributed by atoms with E-state index in [0.29, 0.717) is 31.4 Å². The van der Waals surface area contributed by atoms with E-state index < -0.39 is 0 Å². The standard InChI is InChI=1S/C29H23BrClFN2O2S/c30-24-15-20(31)14-19(27(24)36-17-18-10-12-21(32)13-11-18)16-33-29-26(23-8-4-5-9-25(23)37-29)28(35)34-22-6-2-1-3-7-22/h1-3,6-7,10-16H,4-5,8-9,17H2,(H,34,35). The molecule has 4 nitrogen and oxygen atoms in total. The molecule has 1 aromatic heterocycles. The van der Waals surface area contributed by atoms with Gasteiger partial charge < -0.3 is 10.1 Å². The predicted molar refractivity (Wildman–Crippen MR) is 152 cm³/mol. The highest BCUT2D eigenvalue weighted by Crippen LogP contribution is 2.41. The molecular weight excluding hydrogens is 575 g/mol. The van der Waals surface area contributed by atoms with Crippen molar-refractivity contribution in [1.29, 1.82) is 0 Å². The van der Waals surface area contributed by atoms with Gasteiger partial charge in [0.05, 0.1) is 10.0 Å². The van der Waals surface area contributed by atoms with Crippen molar-refractivity contribution in [3.8, 4) is 5.75 Å². The fraction of sp³-hybridized carbons (Fsp3) is 0.172. The summed E-state index contributed by atoms with van der Waals surface area (Å²) in [5.41, 5.74) is 3.97. The Labute approximate surface area is 232 Å². The fourth-order valence-corrected chi connectivity index (χ4v) is 6.46. The van der Waals surface area contributed by atoms with Gasteiger partial charge in [0.25, 0.3) is 5.91 Å². The summed E-state index contributed by atoms with van der Waals surface area (Å²) in [6.45, 7) is 0.249.